The Labute approximate surface area is 198 Å². The number of hydrogen-bond donors (Lipinski definition) is 1. The Balaban J connectivity index is 1.77. The maximum atomic E-state index is 12.7. The molecule has 0 aromatic heterocycles. The Hall–Kier alpha value is -2.68. The average Bonchev–Trinajstić information content (AvgIpc) is 2.79. The van der Waals surface area contributed by atoms with Crippen LogP contribution in [-0.2, 0) is 11.4 Å². The normalized spacial score (nSPS) is 18.5. The van der Waals surface area contributed by atoms with Crippen molar-refractivity contribution in [1.29, 1.82) is 5.26 Å². The van der Waals surface area contributed by atoms with E-state index in [2.05, 4.69) is 12.2 Å². The van der Waals surface area contributed by atoms with Crippen LogP contribution in [0.4, 0.5) is 0 Å². The van der Waals surface area contributed by atoms with E-state index in [1.807, 2.05) is 18.2 Å². The molecular weight excluding hydrogens is 447 g/mol. The highest BCUT2D eigenvalue weighted by Crippen LogP contribution is 2.37. The number of carbonyl (C=O) groups excluding carboxylic acids is 1. The molecule has 0 spiro atoms. The highest BCUT2D eigenvalue weighted by molar-refractivity contribution is 6.32. The predicted octanol–water partition coefficient (Wildman–Crippen LogP) is 6.18. The summed E-state index contributed by atoms with van der Waals surface area (Å²) in [6, 6.07) is 12.7. The first-order valence-corrected chi connectivity index (χ1v) is 11.3. The molecule has 1 N–H and O–H groups in total. The molecule has 2 aromatic rings. The van der Waals surface area contributed by atoms with Crippen LogP contribution in [0.3, 0.4) is 0 Å². The molecule has 0 aliphatic heterocycles. The largest absolute Gasteiger partial charge is 0.493 e. The Bertz CT molecular complexity index is 1030. The van der Waals surface area contributed by atoms with Gasteiger partial charge in [0, 0.05) is 11.1 Å². The van der Waals surface area contributed by atoms with Crippen LogP contribution in [0, 0.1) is 17.2 Å². The molecule has 1 aliphatic carbocycles. The summed E-state index contributed by atoms with van der Waals surface area (Å²) in [6.07, 6.45) is 5.80. The van der Waals surface area contributed by atoms with Gasteiger partial charge in [-0.1, -0.05) is 55.1 Å². The van der Waals surface area contributed by atoms with Crippen molar-refractivity contribution in [2.75, 3.05) is 7.11 Å². The van der Waals surface area contributed by atoms with Crippen molar-refractivity contribution in [3.8, 4) is 17.6 Å². The van der Waals surface area contributed by atoms with Gasteiger partial charge in [-0.2, -0.15) is 5.26 Å². The third-order valence-corrected chi connectivity index (χ3v) is 6.18. The van der Waals surface area contributed by atoms with Crippen LogP contribution >= 0.6 is 23.2 Å². The summed E-state index contributed by atoms with van der Waals surface area (Å²) in [6.45, 7) is 2.42. The number of amides is 1. The molecule has 1 saturated carbocycles. The van der Waals surface area contributed by atoms with Crippen molar-refractivity contribution < 1.29 is 14.3 Å². The third kappa shape index (κ3) is 6.18. The molecule has 0 unspecified atom stereocenters. The smallest absolute Gasteiger partial charge is 0.262 e. The molecule has 7 heteroatoms. The predicted molar refractivity (Wildman–Crippen MR) is 127 cm³/mol. The van der Waals surface area contributed by atoms with E-state index >= 15 is 0 Å². The summed E-state index contributed by atoms with van der Waals surface area (Å²) in [5, 5.41) is 13.5. The number of methoxy groups -OCH3 is 1. The van der Waals surface area contributed by atoms with E-state index in [1.54, 1.807) is 24.3 Å². The number of carbonyl (C=O) groups is 1. The quantitative estimate of drug-likeness (QED) is 0.385. The first-order valence-electron chi connectivity index (χ1n) is 10.6. The third-order valence-electron chi connectivity index (χ3n) is 5.65. The van der Waals surface area contributed by atoms with E-state index in [4.69, 9.17) is 32.7 Å². The fraction of sp³-hybridized carbons (Fsp3) is 0.360. The van der Waals surface area contributed by atoms with Crippen molar-refractivity contribution in [2.45, 2.75) is 45.3 Å². The maximum Gasteiger partial charge on any atom is 0.262 e. The van der Waals surface area contributed by atoms with Gasteiger partial charge in [0.2, 0.25) is 0 Å². The molecule has 2 aromatic carbocycles. The summed E-state index contributed by atoms with van der Waals surface area (Å²) < 4.78 is 11.3. The lowest BCUT2D eigenvalue weighted by atomic mass is 9.86. The molecular formula is C25H26Cl2N2O3. The Morgan fingerprint density at radius 1 is 1.22 bits per heavy atom. The van der Waals surface area contributed by atoms with Crippen LogP contribution in [0.25, 0.3) is 6.08 Å². The Morgan fingerprint density at radius 2 is 1.94 bits per heavy atom. The molecule has 1 aliphatic rings. The van der Waals surface area contributed by atoms with Crippen LogP contribution in [0.5, 0.6) is 11.5 Å². The summed E-state index contributed by atoms with van der Waals surface area (Å²) in [4.78, 5) is 12.7. The number of hydrogen-bond acceptors (Lipinski definition) is 4. The Morgan fingerprint density at radius 3 is 2.59 bits per heavy atom. The first-order chi connectivity index (χ1) is 15.4. The molecule has 2 atom stereocenters. The van der Waals surface area contributed by atoms with Crippen molar-refractivity contribution in [2.24, 2.45) is 5.92 Å². The summed E-state index contributed by atoms with van der Waals surface area (Å²) in [7, 11) is 1.51. The minimum absolute atomic E-state index is 0.0238. The summed E-state index contributed by atoms with van der Waals surface area (Å²) in [5.41, 5.74) is 1.53. The molecule has 32 heavy (non-hydrogen) atoms. The number of nitrogens with zero attached hydrogens (tertiary/aromatic N) is 1. The van der Waals surface area contributed by atoms with Crippen LogP contribution < -0.4 is 14.8 Å². The molecule has 168 valence electrons. The molecule has 0 saturated heterocycles. The molecule has 1 fully saturated rings. The zero-order valence-corrected chi connectivity index (χ0v) is 19.7. The van der Waals surface area contributed by atoms with Crippen LogP contribution in [0.15, 0.2) is 42.0 Å². The van der Waals surface area contributed by atoms with Crippen LogP contribution in [-0.4, -0.2) is 19.1 Å². The number of benzene rings is 2. The number of ether oxygens (including phenoxy) is 2. The second-order valence-corrected chi connectivity index (χ2v) is 8.80. The van der Waals surface area contributed by atoms with Crippen molar-refractivity contribution in [3.63, 3.8) is 0 Å². The Kier molecular flexibility index (Phi) is 8.44. The van der Waals surface area contributed by atoms with Gasteiger partial charge in [0.15, 0.2) is 11.5 Å². The van der Waals surface area contributed by atoms with Gasteiger partial charge in [0.1, 0.15) is 18.2 Å². The standard InChI is InChI=1S/C25H26Cl2N2O3/c1-16-5-3-4-6-22(16)29-25(30)19(14-28)11-18-12-21(27)24(23(13-18)31-2)32-15-17-7-9-20(26)10-8-17/h7-13,16,22H,3-6,15H2,1-2H3,(H,29,30)/b19-11+/t16-,22-/m0/s1. The molecule has 1 amide bonds. The van der Waals surface area contributed by atoms with Gasteiger partial charge >= 0.3 is 0 Å². The lowest BCUT2D eigenvalue weighted by molar-refractivity contribution is -0.118. The van der Waals surface area contributed by atoms with E-state index < -0.39 is 0 Å². The summed E-state index contributed by atoms with van der Waals surface area (Å²) in [5.74, 6) is 0.834. The number of nitriles is 1. The van der Waals surface area contributed by atoms with E-state index in [-0.39, 0.29) is 24.1 Å². The maximum absolute atomic E-state index is 12.7. The minimum Gasteiger partial charge on any atom is -0.493 e. The van der Waals surface area contributed by atoms with Crippen LogP contribution in [0.1, 0.15) is 43.7 Å². The zero-order chi connectivity index (χ0) is 23.1. The van der Waals surface area contributed by atoms with Gasteiger partial charge in [-0.25, -0.2) is 0 Å². The highest BCUT2D eigenvalue weighted by atomic mass is 35.5. The van der Waals surface area contributed by atoms with Gasteiger partial charge in [-0.15, -0.1) is 0 Å². The SMILES string of the molecule is COc1cc(/C=C(\C#N)C(=O)N[C@H]2CCCC[C@@H]2C)cc(Cl)c1OCc1ccc(Cl)cc1. The monoisotopic (exact) mass is 472 g/mol. The molecule has 3 rings (SSSR count). The van der Waals surface area contributed by atoms with Crippen LogP contribution in [0.2, 0.25) is 10.0 Å². The number of halogens is 2. The van der Waals surface area contributed by atoms with Gasteiger partial charge in [0.25, 0.3) is 5.91 Å². The average molecular weight is 473 g/mol. The second kappa shape index (κ2) is 11.3. The van der Waals surface area contributed by atoms with Gasteiger partial charge in [-0.3, -0.25) is 4.79 Å². The van der Waals surface area contributed by atoms with Gasteiger partial charge in [-0.05, 0) is 60.2 Å². The number of nitrogens with one attached hydrogen (secondary N) is 1. The molecule has 0 radical (unpaired) electrons. The summed E-state index contributed by atoms with van der Waals surface area (Å²) >= 11 is 12.4. The van der Waals surface area contributed by atoms with E-state index in [1.165, 1.54) is 19.6 Å². The van der Waals surface area contributed by atoms with Crippen molar-refractivity contribution in [1.82, 2.24) is 5.32 Å². The first kappa shape index (κ1) is 24.0. The van der Waals surface area contributed by atoms with Gasteiger partial charge < -0.3 is 14.8 Å². The number of rotatable bonds is 7. The molecule has 5 nitrogen and oxygen atoms in total. The van der Waals surface area contributed by atoms with E-state index in [0.717, 1.165) is 24.8 Å². The fourth-order valence-corrected chi connectivity index (χ4v) is 4.19. The second-order valence-electron chi connectivity index (χ2n) is 7.96. The molecule has 0 heterocycles. The lowest BCUT2D eigenvalue weighted by Gasteiger charge is -2.29. The topological polar surface area (TPSA) is 71.3 Å². The van der Waals surface area contributed by atoms with Gasteiger partial charge in [0.05, 0.1) is 12.1 Å². The molecule has 0 bridgehead atoms. The fourth-order valence-electron chi connectivity index (χ4n) is 3.79. The lowest BCUT2D eigenvalue weighted by Crippen LogP contribution is -2.41. The zero-order valence-electron chi connectivity index (χ0n) is 18.2. The van der Waals surface area contributed by atoms with E-state index in [9.17, 15) is 10.1 Å². The van der Waals surface area contributed by atoms with Crippen molar-refractivity contribution in [3.05, 3.63) is 63.1 Å². The van der Waals surface area contributed by atoms with Crippen molar-refractivity contribution >= 4 is 35.2 Å². The minimum atomic E-state index is -0.371. The highest BCUT2D eigenvalue weighted by Gasteiger charge is 2.24. The van der Waals surface area contributed by atoms with E-state index in [0.29, 0.717) is 33.0 Å².